The van der Waals surface area contributed by atoms with Gasteiger partial charge in [-0.15, -0.1) is 0 Å². The first-order valence-corrected chi connectivity index (χ1v) is 9.78. The van der Waals surface area contributed by atoms with E-state index in [1.165, 1.54) is 0 Å². The van der Waals surface area contributed by atoms with Crippen LogP contribution in [-0.4, -0.2) is 42.4 Å². The van der Waals surface area contributed by atoms with Gasteiger partial charge in [-0.05, 0) is 37.5 Å². The van der Waals surface area contributed by atoms with Gasteiger partial charge in [-0.25, -0.2) is 0 Å². The van der Waals surface area contributed by atoms with Crippen LogP contribution in [0.5, 0.6) is 0 Å². The van der Waals surface area contributed by atoms with Crippen molar-refractivity contribution in [3.05, 3.63) is 65.2 Å². The molecule has 1 fully saturated rings. The van der Waals surface area contributed by atoms with Crippen molar-refractivity contribution in [2.45, 2.75) is 26.7 Å². The molecule has 6 heteroatoms. The fraction of sp³-hybridized carbons (Fsp3) is 0.348. The van der Waals surface area contributed by atoms with Crippen LogP contribution in [0.4, 0.5) is 5.69 Å². The number of likely N-dealkylation sites (tertiary alicyclic amines) is 1. The van der Waals surface area contributed by atoms with Gasteiger partial charge in [-0.3, -0.25) is 14.4 Å². The van der Waals surface area contributed by atoms with Crippen LogP contribution in [0.25, 0.3) is 0 Å². The van der Waals surface area contributed by atoms with Gasteiger partial charge in [0.2, 0.25) is 5.91 Å². The predicted molar refractivity (Wildman–Crippen MR) is 110 cm³/mol. The highest BCUT2D eigenvalue weighted by molar-refractivity contribution is 5.94. The summed E-state index contributed by atoms with van der Waals surface area (Å²) < 4.78 is 5.15. The third-order valence-electron chi connectivity index (χ3n) is 5.06. The van der Waals surface area contributed by atoms with Crippen LogP contribution in [0.2, 0.25) is 0 Å². The number of nitrogens with one attached hydrogen (secondary N) is 1. The standard InChI is InChI=1S/C23H26N2O4/c1-16-8-9-20(17(2)12-16)24-21(26)15-29-23(28)19-13-22(27)25(14-19)11-10-18-6-4-3-5-7-18/h3-9,12,19H,10-11,13-15H2,1-2H3,(H,24,26)/t19-/m1/s1. The second-order valence-electron chi connectivity index (χ2n) is 7.45. The Balaban J connectivity index is 1.44. The van der Waals surface area contributed by atoms with Crippen molar-refractivity contribution in [2.24, 2.45) is 5.92 Å². The molecule has 0 bridgehead atoms. The molecule has 3 rings (SSSR count). The second-order valence-corrected chi connectivity index (χ2v) is 7.45. The Morgan fingerprint density at radius 2 is 1.90 bits per heavy atom. The molecule has 1 N–H and O–H groups in total. The molecule has 1 heterocycles. The molecule has 0 spiro atoms. The normalized spacial score (nSPS) is 16.0. The quantitative estimate of drug-likeness (QED) is 0.733. The maximum Gasteiger partial charge on any atom is 0.311 e. The monoisotopic (exact) mass is 394 g/mol. The van der Waals surface area contributed by atoms with Gasteiger partial charge in [-0.2, -0.15) is 0 Å². The van der Waals surface area contributed by atoms with Gasteiger partial charge in [0.1, 0.15) is 0 Å². The topological polar surface area (TPSA) is 75.7 Å². The Kier molecular flexibility index (Phi) is 6.65. The fourth-order valence-electron chi connectivity index (χ4n) is 3.45. The number of benzene rings is 2. The molecule has 1 aliphatic heterocycles. The van der Waals surface area contributed by atoms with Crippen molar-refractivity contribution in [3.8, 4) is 0 Å². The minimum atomic E-state index is -0.521. The second kappa shape index (κ2) is 9.37. The van der Waals surface area contributed by atoms with E-state index in [0.717, 1.165) is 23.1 Å². The molecular weight excluding hydrogens is 368 g/mol. The molecule has 0 aliphatic carbocycles. The fourth-order valence-corrected chi connectivity index (χ4v) is 3.45. The van der Waals surface area contributed by atoms with Crippen LogP contribution in [0, 0.1) is 19.8 Å². The Morgan fingerprint density at radius 1 is 1.14 bits per heavy atom. The summed E-state index contributed by atoms with van der Waals surface area (Å²) in [4.78, 5) is 38.3. The molecule has 0 unspecified atom stereocenters. The molecule has 0 radical (unpaired) electrons. The summed E-state index contributed by atoms with van der Waals surface area (Å²) in [5.74, 6) is -1.47. The smallest absolute Gasteiger partial charge is 0.311 e. The molecule has 152 valence electrons. The van der Waals surface area contributed by atoms with Gasteiger partial charge >= 0.3 is 5.97 Å². The highest BCUT2D eigenvalue weighted by atomic mass is 16.5. The lowest BCUT2D eigenvalue weighted by Gasteiger charge is -2.16. The summed E-state index contributed by atoms with van der Waals surface area (Å²) >= 11 is 0. The first-order valence-electron chi connectivity index (χ1n) is 9.78. The van der Waals surface area contributed by atoms with Crippen LogP contribution in [-0.2, 0) is 25.5 Å². The number of nitrogens with zero attached hydrogens (tertiary/aromatic N) is 1. The maximum atomic E-state index is 12.3. The molecule has 2 aromatic carbocycles. The zero-order valence-electron chi connectivity index (χ0n) is 16.8. The van der Waals surface area contributed by atoms with Gasteiger partial charge in [0.25, 0.3) is 5.91 Å². The third-order valence-corrected chi connectivity index (χ3v) is 5.06. The Bertz CT molecular complexity index is 895. The lowest BCUT2D eigenvalue weighted by Crippen LogP contribution is -2.29. The Hall–Kier alpha value is -3.15. The first-order chi connectivity index (χ1) is 13.9. The number of amides is 2. The highest BCUT2D eigenvalue weighted by Crippen LogP contribution is 2.20. The van der Waals surface area contributed by atoms with Gasteiger partial charge < -0.3 is 15.0 Å². The number of rotatable bonds is 7. The molecule has 29 heavy (non-hydrogen) atoms. The number of aryl methyl sites for hydroxylation is 2. The number of carbonyl (C=O) groups is 3. The maximum absolute atomic E-state index is 12.3. The SMILES string of the molecule is Cc1ccc(NC(=O)COC(=O)[C@@H]2CC(=O)N(CCc3ccccc3)C2)c(C)c1. The number of carbonyl (C=O) groups excluding carboxylic acids is 3. The van der Waals surface area contributed by atoms with E-state index >= 15 is 0 Å². The number of ether oxygens (including phenoxy) is 1. The minimum absolute atomic E-state index is 0.0531. The average Bonchev–Trinajstić information content (AvgIpc) is 3.08. The summed E-state index contributed by atoms with van der Waals surface area (Å²) in [5, 5.41) is 2.75. The van der Waals surface area contributed by atoms with Crippen molar-refractivity contribution in [3.63, 3.8) is 0 Å². The third kappa shape index (κ3) is 5.67. The van der Waals surface area contributed by atoms with Crippen LogP contribution in [0.3, 0.4) is 0 Å². The number of anilines is 1. The summed E-state index contributed by atoms with van der Waals surface area (Å²) in [7, 11) is 0. The largest absolute Gasteiger partial charge is 0.455 e. The van der Waals surface area contributed by atoms with E-state index in [9.17, 15) is 14.4 Å². The van der Waals surface area contributed by atoms with Crippen molar-refractivity contribution in [2.75, 3.05) is 25.0 Å². The molecule has 6 nitrogen and oxygen atoms in total. The van der Waals surface area contributed by atoms with Crippen LogP contribution < -0.4 is 5.32 Å². The summed E-state index contributed by atoms with van der Waals surface area (Å²) in [6, 6.07) is 15.6. The van der Waals surface area contributed by atoms with Crippen molar-refractivity contribution >= 4 is 23.5 Å². The molecule has 2 aromatic rings. The van der Waals surface area contributed by atoms with E-state index in [-0.39, 0.29) is 18.9 Å². The number of esters is 1. The summed E-state index contributed by atoms with van der Waals surface area (Å²) in [6.07, 6.45) is 0.874. The summed E-state index contributed by atoms with van der Waals surface area (Å²) in [6.45, 7) is 4.43. The van der Waals surface area contributed by atoms with E-state index in [0.29, 0.717) is 18.8 Å². The van der Waals surface area contributed by atoms with Crippen LogP contribution in [0.1, 0.15) is 23.1 Å². The molecule has 1 atom stereocenters. The molecule has 2 amide bonds. The van der Waals surface area contributed by atoms with Crippen molar-refractivity contribution in [1.82, 2.24) is 4.90 Å². The minimum Gasteiger partial charge on any atom is -0.455 e. The average molecular weight is 394 g/mol. The van der Waals surface area contributed by atoms with Crippen molar-refractivity contribution in [1.29, 1.82) is 0 Å². The van der Waals surface area contributed by atoms with E-state index in [1.807, 2.05) is 62.4 Å². The molecule has 0 saturated carbocycles. The highest BCUT2D eigenvalue weighted by Gasteiger charge is 2.35. The number of hydrogen-bond acceptors (Lipinski definition) is 4. The number of hydrogen-bond donors (Lipinski definition) is 1. The van der Waals surface area contributed by atoms with Gasteiger partial charge in [-0.1, -0.05) is 48.0 Å². The zero-order chi connectivity index (χ0) is 20.8. The predicted octanol–water partition coefficient (Wildman–Crippen LogP) is 2.88. The van der Waals surface area contributed by atoms with Crippen molar-refractivity contribution < 1.29 is 19.1 Å². The van der Waals surface area contributed by atoms with Crippen LogP contribution >= 0.6 is 0 Å². The lowest BCUT2D eigenvalue weighted by atomic mass is 10.1. The van der Waals surface area contributed by atoms with Crippen LogP contribution in [0.15, 0.2) is 48.5 Å². The van der Waals surface area contributed by atoms with Gasteiger partial charge in [0.15, 0.2) is 6.61 Å². The summed E-state index contributed by atoms with van der Waals surface area (Å²) in [5.41, 5.74) is 3.89. The molecule has 1 aliphatic rings. The zero-order valence-corrected chi connectivity index (χ0v) is 16.8. The first kappa shape index (κ1) is 20.6. The van der Waals surface area contributed by atoms with E-state index in [1.54, 1.807) is 4.90 Å². The molecule has 0 aromatic heterocycles. The Morgan fingerprint density at radius 3 is 2.62 bits per heavy atom. The van der Waals surface area contributed by atoms with Gasteiger partial charge in [0, 0.05) is 25.2 Å². The van der Waals surface area contributed by atoms with E-state index in [4.69, 9.17) is 4.74 Å². The molecular formula is C23H26N2O4. The lowest BCUT2D eigenvalue weighted by molar-refractivity contribution is -0.151. The Labute approximate surface area is 170 Å². The van der Waals surface area contributed by atoms with Gasteiger partial charge in [0.05, 0.1) is 5.92 Å². The van der Waals surface area contributed by atoms with E-state index < -0.39 is 17.8 Å². The molecule has 1 saturated heterocycles. The van der Waals surface area contributed by atoms with E-state index in [2.05, 4.69) is 5.32 Å².